The lowest BCUT2D eigenvalue weighted by Crippen LogP contribution is -2.42. The van der Waals surface area contributed by atoms with E-state index in [1.165, 1.54) is 7.11 Å². The van der Waals surface area contributed by atoms with Gasteiger partial charge in [-0.3, -0.25) is 4.79 Å². The van der Waals surface area contributed by atoms with E-state index >= 15 is 0 Å². The number of amides is 1. The molecule has 1 amide bonds. The first-order chi connectivity index (χ1) is 14.5. The molecule has 3 rings (SSSR count). The first-order valence-electron chi connectivity index (χ1n) is 10.3. The van der Waals surface area contributed by atoms with Crippen molar-refractivity contribution in [1.82, 2.24) is 0 Å². The molecule has 0 aliphatic heterocycles. The third kappa shape index (κ3) is 4.42. The van der Waals surface area contributed by atoms with Crippen molar-refractivity contribution in [2.75, 3.05) is 26.1 Å². The zero-order valence-corrected chi connectivity index (χ0v) is 17.8. The van der Waals surface area contributed by atoms with Crippen molar-refractivity contribution in [3.05, 3.63) is 53.6 Å². The Hall–Kier alpha value is -3.02. The van der Waals surface area contributed by atoms with Gasteiger partial charge in [-0.1, -0.05) is 31.4 Å². The van der Waals surface area contributed by atoms with Gasteiger partial charge in [-0.15, -0.1) is 0 Å². The van der Waals surface area contributed by atoms with Crippen molar-refractivity contribution < 1.29 is 23.8 Å². The van der Waals surface area contributed by atoms with Gasteiger partial charge in [-0.2, -0.15) is 0 Å². The highest BCUT2D eigenvalue weighted by molar-refractivity contribution is 6.01. The molecule has 0 spiro atoms. The number of hydrogen-bond donors (Lipinski definition) is 1. The van der Waals surface area contributed by atoms with Gasteiger partial charge in [0.2, 0.25) is 5.91 Å². The molecule has 30 heavy (non-hydrogen) atoms. The van der Waals surface area contributed by atoms with E-state index < -0.39 is 11.4 Å². The summed E-state index contributed by atoms with van der Waals surface area (Å²) in [5.41, 5.74) is 1.22. The molecule has 6 heteroatoms. The molecule has 0 aromatic heterocycles. The van der Waals surface area contributed by atoms with Gasteiger partial charge in [0.05, 0.1) is 26.2 Å². The lowest BCUT2D eigenvalue weighted by molar-refractivity contribution is -0.122. The minimum absolute atomic E-state index is 0.0626. The summed E-state index contributed by atoms with van der Waals surface area (Å²) in [5, 5.41) is 3.03. The molecule has 0 heterocycles. The zero-order chi connectivity index (χ0) is 21.6. The number of esters is 1. The summed E-state index contributed by atoms with van der Waals surface area (Å²) in [4.78, 5) is 25.7. The monoisotopic (exact) mass is 411 g/mol. The van der Waals surface area contributed by atoms with Crippen molar-refractivity contribution in [2.24, 2.45) is 0 Å². The highest BCUT2D eigenvalue weighted by Gasteiger charge is 2.41. The Kier molecular flexibility index (Phi) is 6.98. The summed E-state index contributed by atoms with van der Waals surface area (Å²) in [6, 6.07) is 12.8. The van der Waals surface area contributed by atoms with E-state index in [2.05, 4.69) is 5.32 Å². The molecule has 0 saturated heterocycles. The van der Waals surface area contributed by atoms with Gasteiger partial charge in [-0.25, -0.2) is 4.79 Å². The van der Waals surface area contributed by atoms with Crippen LogP contribution in [-0.2, 0) is 14.9 Å². The maximum absolute atomic E-state index is 13.5. The molecule has 2 aromatic rings. The largest absolute Gasteiger partial charge is 0.497 e. The topological polar surface area (TPSA) is 73.9 Å². The van der Waals surface area contributed by atoms with Gasteiger partial charge in [-0.05, 0) is 55.7 Å². The van der Waals surface area contributed by atoms with E-state index in [4.69, 9.17) is 14.2 Å². The van der Waals surface area contributed by atoms with Crippen LogP contribution in [0, 0.1) is 0 Å². The van der Waals surface area contributed by atoms with Gasteiger partial charge in [0.25, 0.3) is 0 Å². The van der Waals surface area contributed by atoms with Crippen LogP contribution in [0.25, 0.3) is 0 Å². The Morgan fingerprint density at radius 2 is 1.70 bits per heavy atom. The average Bonchev–Trinajstić information content (AvgIpc) is 2.80. The summed E-state index contributed by atoms with van der Waals surface area (Å²) >= 11 is 0. The van der Waals surface area contributed by atoms with E-state index in [1.54, 1.807) is 25.3 Å². The van der Waals surface area contributed by atoms with Gasteiger partial charge in [0.1, 0.15) is 17.1 Å². The molecule has 0 radical (unpaired) electrons. The number of anilines is 1. The third-order valence-corrected chi connectivity index (χ3v) is 5.73. The van der Waals surface area contributed by atoms with Gasteiger partial charge < -0.3 is 19.5 Å². The van der Waals surface area contributed by atoms with E-state index in [9.17, 15) is 9.59 Å². The van der Waals surface area contributed by atoms with E-state index in [0.717, 1.165) is 43.4 Å². The van der Waals surface area contributed by atoms with Crippen LogP contribution in [0.3, 0.4) is 0 Å². The Morgan fingerprint density at radius 3 is 2.30 bits per heavy atom. The van der Waals surface area contributed by atoms with Crippen LogP contribution in [0.1, 0.15) is 54.9 Å². The van der Waals surface area contributed by atoms with Crippen molar-refractivity contribution in [1.29, 1.82) is 0 Å². The second-order valence-corrected chi connectivity index (χ2v) is 7.46. The molecule has 160 valence electrons. The molecule has 1 aliphatic carbocycles. The minimum atomic E-state index is -0.603. The number of hydrogen-bond acceptors (Lipinski definition) is 5. The fourth-order valence-corrected chi connectivity index (χ4v) is 4.12. The fourth-order valence-electron chi connectivity index (χ4n) is 4.12. The molecular weight excluding hydrogens is 382 g/mol. The second kappa shape index (κ2) is 9.65. The van der Waals surface area contributed by atoms with E-state index in [-0.39, 0.29) is 5.91 Å². The Morgan fingerprint density at radius 1 is 1.00 bits per heavy atom. The summed E-state index contributed by atoms with van der Waals surface area (Å²) in [5.74, 6) is 0.633. The Labute approximate surface area is 177 Å². The first kappa shape index (κ1) is 21.7. The average molecular weight is 411 g/mol. The second-order valence-electron chi connectivity index (χ2n) is 7.46. The van der Waals surface area contributed by atoms with Crippen LogP contribution < -0.4 is 14.8 Å². The first-order valence-corrected chi connectivity index (χ1v) is 10.3. The Balaban J connectivity index is 1.91. The number of benzene rings is 2. The van der Waals surface area contributed by atoms with Crippen LogP contribution in [0.15, 0.2) is 42.5 Å². The summed E-state index contributed by atoms with van der Waals surface area (Å²) in [6.07, 6.45) is 4.69. The molecule has 6 nitrogen and oxygen atoms in total. The molecule has 1 saturated carbocycles. The van der Waals surface area contributed by atoms with Crippen LogP contribution in [-0.4, -0.2) is 32.7 Å². The minimum Gasteiger partial charge on any atom is -0.497 e. The molecule has 2 aromatic carbocycles. The maximum atomic E-state index is 13.5. The zero-order valence-electron chi connectivity index (χ0n) is 17.8. The molecule has 1 fully saturated rings. The fraction of sp³-hybridized carbons (Fsp3) is 0.417. The maximum Gasteiger partial charge on any atom is 0.341 e. The third-order valence-electron chi connectivity index (χ3n) is 5.73. The van der Waals surface area contributed by atoms with Gasteiger partial charge in [0.15, 0.2) is 0 Å². The quantitative estimate of drug-likeness (QED) is 0.667. The van der Waals surface area contributed by atoms with Crippen LogP contribution in [0.2, 0.25) is 0 Å². The summed E-state index contributed by atoms with van der Waals surface area (Å²) in [6.45, 7) is 2.27. The molecule has 0 bridgehead atoms. The molecule has 0 unspecified atom stereocenters. The molecular formula is C24H29NO5. The van der Waals surface area contributed by atoms with Crippen molar-refractivity contribution in [3.8, 4) is 11.5 Å². The Bertz CT molecular complexity index is 885. The van der Waals surface area contributed by atoms with E-state index in [1.807, 2.05) is 31.2 Å². The van der Waals surface area contributed by atoms with E-state index in [0.29, 0.717) is 23.6 Å². The number of ether oxygens (including phenoxy) is 3. The van der Waals surface area contributed by atoms with Crippen molar-refractivity contribution in [3.63, 3.8) is 0 Å². The SMILES string of the molecule is CCOc1ccc(NC(=O)C2(c3ccc(OC)cc3)CCCCC2)cc1C(=O)OC. The van der Waals surface area contributed by atoms with Crippen LogP contribution in [0.4, 0.5) is 5.69 Å². The predicted molar refractivity (Wildman–Crippen MR) is 115 cm³/mol. The number of carbonyl (C=O) groups excluding carboxylic acids is 2. The summed E-state index contributed by atoms with van der Waals surface area (Å²) in [7, 11) is 2.95. The number of carbonyl (C=O) groups is 2. The summed E-state index contributed by atoms with van der Waals surface area (Å²) < 4.78 is 15.7. The van der Waals surface area contributed by atoms with Crippen LogP contribution in [0.5, 0.6) is 11.5 Å². The van der Waals surface area contributed by atoms with Gasteiger partial charge in [0, 0.05) is 5.69 Å². The smallest absolute Gasteiger partial charge is 0.341 e. The predicted octanol–water partition coefficient (Wildman–Crippen LogP) is 4.72. The molecule has 1 N–H and O–H groups in total. The molecule has 0 atom stereocenters. The highest BCUT2D eigenvalue weighted by atomic mass is 16.5. The standard InChI is InChI=1S/C24H29NO5/c1-4-30-21-13-10-18(16-20(21)22(26)29-3)25-23(27)24(14-6-5-7-15-24)17-8-11-19(28-2)12-9-17/h8-13,16H,4-7,14-15H2,1-3H3,(H,25,27). The van der Waals surface area contributed by atoms with Crippen LogP contribution >= 0.6 is 0 Å². The van der Waals surface area contributed by atoms with Crippen molar-refractivity contribution in [2.45, 2.75) is 44.4 Å². The molecule has 1 aliphatic rings. The lowest BCUT2D eigenvalue weighted by atomic mass is 9.68. The lowest BCUT2D eigenvalue weighted by Gasteiger charge is -2.36. The number of methoxy groups -OCH3 is 2. The van der Waals surface area contributed by atoms with Crippen molar-refractivity contribution >= 4 is 17.6 Å². The number of rotatable bonds is 7. The van der Waals surface area contributed by atoms with Gasteiger partial charge >= 0.3 is 5.97 Å². The highest BCUT2D eigenvalue weighted by Crippen LogP contribution is 2.41. The number of nitrogens with one attached hydrogen (secondary N) is 1. The normalized spacial score (nSPS) is 15.2.